The lowest BCUT2D eigenvalue weighted by atomic mass is 10.3. The molecule has 0 spiro atoms. The smallest absolute Gasteiger partial charge is 0.347 e. The van der Waals surface area contributed by atoms with E-state index >= 15 is 0 Å². The Bertz CT molecular complexity index is 516. The quantitative estimate of drug-likeness (QED) is 0.743. The number of nitrogens with two attached hydrogens (primary N) is 1. The zero-order valence-electron chi connectivity index (χ0n) is 7.07. The van der Waals surface area contributed by atoms with Crippen molar-refractivity contribution in [2.24, 2.45) is 0 Å². The monoisotopic (exact) mass is 254 g/mol. The molecule has 0 amide bonds. The predicted molar refractivity (Wildman–Crippen MR) is 56.3 cm³/mol. The molecule has 0 saturated carbocycles. The van der Waals surface area contributed by atoms with Crippen molar-refractivity contribution in [3.63, 3.8) is 0 Å². The van der Waals surface area contributed by atoms with Crippen molar-refractivity contribution >= 4 is 21.6 Å². The van der Waals surface area contributed by atoms with Gasteiger partial charge in [-0.2, -0.15) is 5.10 Å². The van der Waals surface area contributed by atoms with Crippen molar-refractivity contribution in [3.8, 4) is 5.69 Å². The second-order valence-corrected chi connectivity index (χ2v) is 3.65. The molecule has 3 N–H and O–H groups in total. The molecule has 0 aliphatic carbocycles. The Morgan fingerprint density at radius 1 is 1.50 bits per heavy atom. The molecule has 0 radical (unpaired) electrons. The average Bonchev–Trinajstić information content (AvgIpc) is 2.52. The first-order valence-corrected chi connectivity index (χ1v) is 4.65. The van der Waals surface area contributed by atoms with Crippen molar-refractivity contribution in [2.75, 3.05) is 5.73 Å². The molecule has 1 aromatic heterocycles. The lowest BCUT2D eigenvalue weighted by molar-refractivity contribution is 0.984. The zero-order valence-corrected chi connectivity index (χ0v) is 8.65. The van der Waals surface area contributed by atoms with Crippen molar-refractivity contribution in [1.29, 1.82) is 0 Å². The van der Waals surface area contributed by atoms with Gasteiger partial charge in [-0.15, -0.1) is 0 Å². The van der Waals surface area contributed by atoms with Crippen molar-refractivity contribution in [3.05, 3.63) is 39.5 Å². The Morgan fingerprint density at radius 2 is 2.29 bits per heavy atom. The summed E-state index contributed by atoms with van der Waals surface area (Å²) in [6, 6.07) is 5.29. The average molecular weight is 255 g/mol. The van der Waals surface area contributed by atoms with Crippen LogP contribution in [0.2, 0.25) is 0 Å². The highest BCUT2D eigenvalue weighted by Gasteiger charge is 2.04. The van der Waals surface area contributed by atoms with E-state index in [2.05, 4.69) is 26.1 Å². The first-order valence-electron chi connectivity index (χ1n) is 3.86. The number of halogens is 1. The molecule has 5 nitrogen and oxygen atoms in total. The first kappa shape index (κ1) is 9.01. The summed E-state index contributed by atoms with van der Waals surface area (Å²) in [7, 11) is 0. The number of nitrogens with zero attached hydrogens (tertiary/aromatic N) is 2. The number of anilines is 1. The molecule has 1 aromatic carbocycles. The molecule has 0 aliphatic heterocycles. The third kappa shape index (κ3) is 1.44. The highest BCUT2D eigenvalue weighted by Crippen LogP contribution is 2.20. The van der Waals surface area contributed by atoms with Gasteiger partial charge in [0.2, 0.25) is 0 Å². The lowest BCUT2D eigenvalue weighted by Gasteiger charge is -2.04. The summed E-state index contributed by atoms with van der Waals surface area (Å²) in [6.07, 6.45) is 1.39. The number of aromatic amines is 1. The maximum atomic E-state index is 11.2. The number of rotatable bonds is 1. The van der Waals surface area contributed by atoms with Gasteiger partial charge in [0.05, 0.1) is 11.4 Å². The Kier molecular flexibility index (Phi) is 2.12. The number of hydrogen-bond acceptors (Lipinski definition) is 3. The maximum absolute atomic E-state index is 11.2. The number of nitrogens with one attached hydrogen (secondary N) is 1. The number of benzene rings is 1. The van der Waals surface area contributed by atoms with Crippen LogP contribution in [0.25, 0.3) is 5.69 Å². The van der Waals surface area contributed by atoms with Crippen LogP contribution in [0.5, 0.6) is 0 Å². The minimum atomic E-state index is -0.306. The summed E-state index contributed by atoms with van der Waals surface area (Å²) in [4.78, 5) is 11.2. The van der Waals surface area contributed by atoms with Crippen LogP contribution in [-0.2, 0) is 0 Å². The van der Waals surface area contributed by atoms with Crippen LogP contribution in [0.1, 0.15) is 0 Å². The van der Waals surface area contributed by atoms with E-state index in [1.54, 1.807) is 12.1 Å². The van der Waals surface area contributed by atoms with Gasteiger partial charge in [0.15, 0.2) is 0 Å². The van der Waals surface area contributed by atoms with E-state index in [1.807, 2.05) is 6.07 Å². The van der Waals surface area contributed by atoms with E-state index in [1.165, 1.54) is 10.9 Å². The fraction of sp³-hybridized carbons (Fsp3) is 0. The van der Waals surface area contributed by atoms with Gasteiger partial charge >= 0.3 is 5.69 Å². The molecule has 0 bridgehead atoms. The molecule has 0 atom stereocenters. The normalized spacial score (nSPS) is 10.4. The third-order valence-electron chi connectivity index (χ3n) is 1.80. The topological polar surface area (TPSA) is 76.7 Å². The van der Waals surface area contributed by atoms with Crippen molar-refractivity contribution < 1.29 is 0 Å². The predicted octanol–water partition coefficient (Wildman–Crippen LogP) is 0.905. The largest absolute Gasteiger partial charge is 0.397 e. The molecular formula is C8H7BrN4O. The van der Waals surface area contributed by atoms with Crippen LogP contribution in [0, 0.1) is 0 Å². The number of aromatic nitrogens is 3. The third-order valence-corrected chi connectivity index (χ3v) is 2.29. The Balaban J connectivity index is 2.63. The second kappa shape index (κ2) is 3.30. The summed E-state index contributed by atoms with van der Waals surface area (Å²) in [5.74, 6) is 0. The summed E-state index contributed by atoms with van der Waals surface area (Å²) >= 11 is 3.29. The van der Waals surface area contributed by atoms with Crippen LogP contribution in [0.4, 0.5) is 5.69 Å². The molecule has 0 fully saturated rings. The van der Waals surface area contributed by atoms with E-state index in [0.717, 1.165) is 4.47 Å². The summed E-state index contributed by atoms with van der Waals surface area (Å²) in [6.45, 7) is 0. The molecular weight excluding hydrogens is 248 g/mol. The van der Waals surface area contributed by atoms with Gasteiger partial charge in [-0.3, -0.25) is 0 Å². The molecule has 2 rings (SSSR count). The van der Waals surface area contributed by atoms with E-state index < -0.39 is 0 Å². The van der Waals surface area contributed by atoms with Gasteiger partial charge in [-0.05, 0) is 18.2 Å². The molecule has 0 aliphatic rings. The molecule has 0 saturated heterocycles. The molecule has 72 valence electrons. The minimum absolute atomic E-state index is 0.306. The van der Waals surface area contributed by atoms with E-state index in [4.69, 9.17) is 5.73 Å². The van der Waals surface area contributed by atoms with Gasteiger partial charge in [-0.1, -0.05) is 15.9 Å². The van der Waals surface area contributed by atoms with E-state index in [0.29, 0.717) is 11.4 Å². The van der Waals surface area contributed by atoms with Crippen LogP contribution in [0.3, 0.4) is 0 Å². The van der Waals surface area contributed by atoms with Gasteiger partial charge in [0.1, 0.15) is 6.33 Å². The summed E-state index contributed by atoms with van der Waals surface area (Å²) in [5, 5.41) is 5.92. The van der Waals surface area contributed by atoms with Crippen molar-refractivity contribution in [1.82, 2.24) is 14.8 Å². The van der Waals surface area contributed by atoms with Crippen LogP contribution < -0.4 is 11.4 Å². The SMILES string of the molecule is Nc1cc(Br)ccc1-n1cn[nH]c1=O. The fourth-order valence-corrected chi connectivity index (χ4v) is 1.54. The van der Waals surface area contributed by atoms with Crippen LogP contribution in [-0.4, -0.2) is 14.8 Å². The van der Waals surface area contributed by atoms with Crippen LogP contribution >= 0.6 is 15.9 Å². The van der Waals surface area contributed by atoms with Gasteiger partial charge < -0.3 is 5.73 Å². The van der Waals surface area contributed by atoms with E-state index in [9.17, 15) is 4.79 Å². The number of nitrogen functional groups attached to an aromatic ring is 1. The lowest BCUT2D eigenvalue weighted by Crippen LogP contribution is -2.15. The minimum Gasteiger partial charge on any atom is -0.397 e. The Hall–Kier alpha value is -1.56. The highest BCUT2D eigenvalue weighted by molar-refractivity contribution is 9.10. The molecule has 0 unspecified atom stereocenters. The first-order chi connectivity index (χ1) is 6.68. The van der Waals surface area contributed by atoms with E-state index in [-0.39, 0.29) is 5.69 Å². The summed E-state index contributed by atoms with van der Waals surface area (Å²) < 4.78 is 2.22. The van der Waals surface area contributed by atoms with Crippen LogP contribution in [0.15, 0.2) is 33.8 Å². The standard InChI is InChI=1S/C8H7BrN4O/c9-5-1-2-7(6(10)3-5)13-4-11-12-8(13)14/h1-4H,10H2,(H,12,14). The van der Waals surface area contributed by atoms with Gasteiger partial charge in [0.25, 0.3) is 0 Å². The van der Waals surface area contributed by atoms with Crippen molar-refractivity contribution in [2.45, 2.75) is 0 Å². The molecule has 2 aromatic rings. The number of H-pyrrole nitrogens is 1. The zero-order chi connectivity index (χ0) is 10.1. The Labute approximate surface area is 87.7 Å². The highest BCUT2D eigenvalue weighted by atomic mass is 79.9. The maximum Gasteiger partial charge on any atom is 0.347 e. The number of hydrogen-bond donors (Lipinski definition) is 2. The molecule has 14 heavy (non-hydrogen) atoms. The summed E-state index contributed by atoms with van der Waals surface area (Å²) in [5.41, 5.74) is 6.58. The second-order valence-electron chi connectivity index (χ2n) is 2.73. The van der Waals surface area contributed by atoms with Gasteiger partial charge in [-0.25, -0.2) is 14.5 Å². The van der Waals surface area contributed by atoms with Gasteiger partial charge in [0, 0.05) is 4.47 Å². The molecule has 1 heterocycles. The Morgan fingerprint density at radius 3 is 2.86 bits per heavy atom. The molecule has 6 heteroatoms. The fourth-order valence-electron chi connectivity index (χ4n) is 1.16.